The molecule has 0 bridgehead atoms. The monoisotopic (exact) mass is 508 g/mol. The first-order chi connectivity index (χ1) is 17.4. The maximum Gasteiger partial charge on any atom is 0.319 e. The van der Waals surface area contributed by atoms with E-state index in [1.54, 1.807) is 29.9 Å². The lowest BCUT2D eigenvalue weighted by Crippen LogP contribution is -2.29. The molecule has 12 heteroatoms. The molecule has 0 aliphatic rings. The molecule has 0 aliphatic heterocycles. The molecule has 1 aromatic heterocycles. The SMILES string of the molecule is COc1cccc(CSc2nnc(CNC(=O)Nc3ccccc3F)n2-c2ccc([N+](=O)[O-])cc2)c1. The van der Waals surface area contributed by atoms with Crippen LogP contribution in [0.2, 0.25) is 0 Å². The number of anilines is 1. The van der Waals surface area contributed by atoms with Gasteiger partial charge in [-0.3, -0.25) is 14.7 Å². The van der Waals surface area contributed by atoms with Crippen molar-refractivity contribution in [1.82, 2.24) is 20.1 Å². The van der Waals surface area contributed by atoms with Crippen LogP contribution < -0.4 is 15.4 Å². The van der Waals surface area contributed by atoms with Gasteiger partial charge < -0.3 is 15.4 Å². The number of carbonyl (C=O) groups is 1. The number of rotatable bonds is 9. The van der Waals surface area contributed by atoms with Gasteiger partial charge in [0.2, 0.25) is 0 Å². The number of ether oxygens (including phenoxy) is 1. The van der Waals surface area contributed by atoms with Crippen LogP contribution in [0.5, 0.6) is 5.75 Å². The van der Waals surface area contributed by atoms with E-state index in [1.165, 1.54) is 42.1 Å². The Labute approximate surface area is 209 Å². The van der Waals surface area contributed by atoms with Gasteiger partial charge in [-0.05, 0) is 42.0 Å². The summed E-state index contributed by atoms with van der Waals surface area (Å²) in [5.41, 5.74) is 1.58. The number of hydrogen-bond acceptors (Lipinski definition) is 7. The summed E-state index contributed by atoms with van der Waals surface area (Å²) in [6.45, 7) is -0.0238. The Balaban J connectivity index is 1.55. The highest BCUT2D eigenvalue weighted by molar-refractivity contribution is 7.98. The van der Waals surface area contributed by atoms with Gasteiger partial charge in [-0.25, -0.2) is 9.18 Å². The summed E-state index contributed by atoms with van der Waals surface area (Å²) in [4.78, 5) is 22.9. The van der Waals surface area contributed by atoms with Crippen LogP contribution in [0, 0.1) is 15.9 Å². The first kappa shape index (κ1) is 24.7. The first-order valence-corrected chi connectivity index (χ1v) is 11.7. The van der Waals surface area contributed by atoms with Crippen molar-refractivity contribution in [1.29, 1.82) is 0 Å². The number of nitro groups is 1. The molecule has 4 rings (SSSR count). The topological polar surface area (TPSA) is 124 Å². The molecule has 3 aromatic carbocycles. The summed E-state index contributed by atoms with van der Waals surface area (Å²) in [5.74, 6) is 1.12. The second-order valence-electron chi connectivity index (χ2n) is 7.44. The predicted molar refractivity (Wildman–Crippen MR) is 133 cm³/mol. The third kappa shape index (κ3) is 5.96. The minimum Gasteiger partial charge on any atom is -0.497 e. The number of nitro benzene ring substituents is 1. The highest BCUT2D eigenvalue weighted by Crippen LogP contribution is 2.27. The van der Waals surface area contributed by atoms with E-state index >= 15 is 0 Å². The molecule has 0 saturated carbocycles. The highest BCUT2D eigenvalue weighted by Gasteiger charge is 2.17. The molecule has 0 spiro atoms. The quantitative estimate of drug-likeness (QED) is 0.186. The minimum absolute atomic E-state index is 0.0238. The lowest BCUT2D eigenvalue weighted by Gasteiger charge is -2.12. The highest BCUT2D eigenvalue weighted by atomic mass is 32.2. The van der Waals surface area contributed by atoms with Crippen molar-refractivity contribution in [2.75, 3.05) is 12.4 Å². The smallest absolute Gasteiger partial charge is 0.319 e. The van der Waals surface area contributed by atoms with E-state index in [4.69, 9.17) is 4.74 Å². The van der Waals surface area contributed by atoms with Gasteiger partial charge in [0.25, 0.3) is 5.69 Å². The van der Waals surface area contributed by atoms with Crippen molar-refractivity contribution < 1.29 is 18.8 Å². The summed E-state index contributed by atoms with van der Waals surface area (Å²) in [6, 6.07) is 18.7. The summed E-state index contributed by atoms with van der Waals surface area (Å²) in [5, 5.41) is 25.2. The van der Waals surface area contributed by atoms with E-state index in [1.807, 2.05) is 24.3 Å². The molecule has 2 N–H and O–H groups in total. The maximum atomic E-state index is 13.8. The molecule has 184 valence electrons. The van der Waals surface area contributed by atoms with Gasteiger partial charge in [-0.2, -0.15) is 0 Å². The molecule has 0 fully saturated rings. The third-order valence-electron chi connectivity index (χ3n) is 5.05. The third-order valence-corrected chi connectivity index (χ3v) is 6.05. The van der Waals surface area contributed by atoms with E-state index in [-0.39, 0.29) is 17.9 Å². The molecule has 0 unspecified atom stereocenters. The van der Waals surface area contributed by atoms with E-state index in [0.717, 1.165) is 11.3 Å². The number of amides is 2. The van der Waals surface area contributed by atoms with E-state index in [9.17, 15) is 19.3 Å². The average Bonchev–Trinajstić information content (AvgIpc) is 3.30. The fourth-order valence-corrected chi connectivity index (χ4v) is 4.20. The molecule has 36 heavy (non-hydrogen) atoms. The zero-order valence-corrected chi connectivity index (χ0v) is 19.9. The average molecular weight is 509 g/mol. The lowest BCUT2D eigenvalue weighted by molar-refractivity contribution is -0.384. The van der Waals surface area contributed by atoms with Crippen LogP contribution in [-0.2, 0) is 12.3 Å². The number of benzene rings is 3. The minimum atomic E-state index is -0.621. The van der Waals surface area contributed by atoms with Crippen LogP contribution in [0.1, 0.15) is 11.4 Å². The van der Waals surface area contributed by atoms with E-state index in [0.29, 0.717) is 22.4 Å². The maximum absolute atomic E-state index is 13.8. The van der Waals surface area contributed by atoms with E-state index in [2.05, 4.69) is 20.8 Å². The van der Waals surface area contributed by atoms with Crippen molar-refractivity contribution >= 4 is 29.2 Å². The van der Waals surface area contributed by atoms with Crippen LogP contribution >= 0.6 is 11.8 Å². The van der Waals surface area contributed by atoms with Gasteiger partial charge in [-0.1, -0.05) is 36.0 Å². The van der Waals surface area contributed by atoms with Crippen LogP contribution in [0.3, 0.4) is 0 Å². The summed E-state index contributed by atoms with van der Waals surface area (Å²) in [7, 11) is 1.60. The molecule has 4 aromatic rings. The van der Waals surface area contributed by atoms with Crippen molar-refractivity contribution in [2.24, 2.45) is 0 Å². The number of hydrogen-bond donors (Lipinski definition) is 2. The van der Waals surface area contributed by atoms with Gasteiger partial charge in [0, 0.05) is 23.6 Å². The largest absolute Gasteiger partial charge is 0.497 e. The van der Waals surface area contributed by atoms with Crippen molar-refractivity contribution in [2.45, 2.75) is 17.5 Å². The second-order valence-corrected chi connectivity index (χ2v) is 8.38. The number of methoxy groups -OCH3 is 1. The fraction of sp³-hybridized carbons (Fsp3) is 0.125. The van der Waals surface area contributed by atoms with Gasteiger partial charge in [0.15, 0.2) is 11.0 Å². The Bertz CT molecular complexity index is 1380. The second kappa shape index (κ2) is 11.3. The number of halogens is 1. The summed E-state index contributed by atoms with van der Waals surface area (Å²) < 4.78 is 20.8. The standard InChI is InChI=1S/C24H21FN6O4S/c1-35-19-6-4-5-16(13-19)15-36-24-29-28-22(30(24)17-9-11-18(12-10-17)31(33)34)14-26-23(32)27-21-8-3-2-7-20(21)25/h2-13H,14-15H2,1H3,(H2,26,27,32). The molecular weight excluding hydrogens is 487 g/mol. The van der Waals surface area contributed by atoms with Crippen LogP contribution in [0.4, 0.5) is 20.6 Å². The molecule has 1 heterocycles. The number of nitrogens with one attached hydrogen (secondary N) is 2. The Morgan fingerprint density at radius 1 is 1.11 bits per heavy atom. The Morgan fingerprint density at radius 2 is 1.89 bits per heavy atom. The number of non-ortho nitro benzene ring substituents is 1. The van der Waals surface area contributed by atoms with E-state index < -0.39 is 16.8 Å². The van der Waals surface area contributed by atoms with Crippen molar-refractivity contribution in [3.8, 4) is 11.4 Å². The molecule has 0 radical (unpaired) electrons. The molecular formula is C24H21FN6O4S. The van der Waals surface area contributed by atoms with Crippen LogP contribution in [0.25, 0.3) is 5.69 Å². The van der Waals surface area contributed by atoms with Crippen molar-refractivity contribution in [3.05, 3.63) is 100 Å². The Kier molecular flexibility index (Phi) is 7.75. The Morgan fingerprint density at radius 3 is 2.61 bits per heavy atom. The predicted octanol–water partition coefficient (Wildman–Crippen LogP) is 4.94. The Hall–Kier alpha value is -4.45. The number of urea groups is 1. The van der Waals surface area contributed by atoms with Gasteiger partial charge in [0.1, 0.15) is 11.6 Å². The lowest BCUT2D eigenvalue weighted by atomic mass is 10.2. The molecule has 0 atom stereocenters. The molecule has 0 saturated heterocycles. The first-order valence-electron chi connectivity index (χ1n) is 10.7. The van der Waals surface area contributed by atoms with Crippen LogP contribution in [0.15, 0.2) is 78.0 Å². The summed E-state index contributed by atoms with van der Waals surface area (Å²) >= 11 is 1.41. The molecule has 2 amide bonds. The van der Waals surface area contributed by atoms with Crippen LogP contribution in [-0.4, -0.2) is 32.8 Å². The fourth-order valence-electron chi connectivity index (χ4n) is 3.29. The summed E-state index contributed by atoms with van der Waals surface area (Å²) in [6.07, 6.45) is 0. The number of thioether (sulfide) groups is 1. The molecule has 0 aliphatic carbocycles. The van der Waals surface area contributed by atoms with Gasteiger partial charge >= 0.3 is 6.03 Å². The van der Waals surface area contributed by atoms with Gasteiger partial charge in [0.05, 0.1) is 24.3 Å². The molecule has 10 nitrogen and oxygen atoms in total. The number of nitrogens with zero attached hydrogens (tertiary/aromatic N) is 4. The van der Waals surface area contributed by atoms with Gasteiger partial charge in [-0.15, -0.1) is 10.2 Å². The number of para-hydroxylation sites is 1. The zero-order chi connectivity index (χ0) is 25.5. The zero-order valence-electron chi connectivity index (χ0n) is 19.1. The normalized spacial score (nSPS) is 10.6. The van der Waals surface area contributed by atoms with Crippen molar-refractivity contribution in [3.63, 3.8) is 0 Å². The number of carbonyl (C=O) groups excluding carboxylic acids is 1. The number of aromatic nitrogens is 3.